The Balaban J connectivity index is 1.64. The Morgan fingerprint density at radius 3 is 2.47 bits per heavy atom. The SMILES string of the molecule is O=C(O)c1csc(N2CCC3(CCCCC3)CC2)n1. The number of anilines is 1. The summed E-state index contributed by atoms with van der Waals surface area (Å²) in [7, 11) is 0. The van der Waals surface area contributed by atoms with E-state index in [0.717, 1.165) is 18.2 Å². The highest BCUT2D eigenvalue weighted by molar-refractivity contribution is 7.13. The lowest BCUT2D eigenvalue weighted by Gasteiger charge is -2.44. The molecule has 1 aromatic rings. The van der Waals surface area contributed by atoms with Gasteiger partial charge in [-0.3, -0.25) is 0 Å². The zero-order valence-electron chi connectivity index (χ0n) is 11.1. The minimum atomic E-state index is -0.928. The topological polar surface area (TPSA) is 53.4 Å². The second-order valence-electron chi connectivity index (χ2n) is 5.87. The molecule has 1 spiro atoms. The quantitative estimate of drug-likeness (QED) is 0.902. The first-order valence-electron chi connectivity index (χ1n) is 7.12. The standard InChI is InChI=1S/C14H20N2O2S/c17-12(18)11-10-19-13(15-11)16-8-6-14(7-9-16)4-2-1-3-5-14/h10H,1-9H2,(H,17,18). The van der Waals surface area contributed by atoms with Crippen molar-refractivity contribution in [2.45, 2.75) is 44.9 Å². The summed E-state index contributed by atoms with van der Waals surface area (Å²) in [6.07, 6.45) is 9.45. The van der Waals surface area contributed by atoms with Gasteiger partial charge in [-0.2, -0.15) is 0 Å². The highest BCUT2D eigenvalue weighted by Crippen LogP contribution is 2.45. The molecule has 0 bridgehead atoms. The van der Waals surface area contributed by atoms with Crippen LogP contribution in [-0.2, 0) is 0 Å². The van der Waals surface area contributed by atoms with E-state index in [2.05, 4.69) is 9.88 Å². The van der Waals surface area contributed by atoms with E-state index in [0.29, 0.717) is 5.41 Å². The number of nitrogens with zero attached hydrogens (tertiary/aromatic N) is 2. The molecule has 3 rings (SSSR count). The first-order valence-corrected chi connectivity index (χ1v) is 8.00. The second-order valence-corrected chi connectivity index (χ2v) is 6.70. The van der Waals surface area contributed by atoms with Crippen LogP contribution in [0.4, 0.5) is 5.13 Å². The van der Waals surface area contributed by atoms with Gasteiger partial charge in [-0.1, -0.05) is 19.3 Å². The maximum absolute atomic E-state index is 10.9. The molecule has 1 saturated heterocycles. The van der Waals surface area contributed by atoms with E-state index in [9.17, 15) is 4.79 Å². The summed E-state index contributed by atoms with van der Waals surface area (Å²) < 4.78 is 0. The van der Waals surface area contributed by atoms with Gasteiger partial charge in [-0.25, -0.2) is 9.78 Å². The zero-order chi connectivity index (χ0) is 13.3. The molecule has 5 heteroatoms. The molecule has 1 aliphatic heterocycles. The number of aromatic nitrogens is 1. The van der Waals surface area contributed by atoms with E-state index in [1.807, 2.05) is 0 Å². The number of rotatable bonds is 2. The number of carbonyl (C=O) groups is 1. The molecule has 0 atom stereocenters. The summed E-state index contributed by atoms with van der Waals surface area (Å²) >= 11 is 1.45. The number of thiazole rings is 1. The highest BCUT2D eigenvalue weighted by Gasteiger charge is 2.36. The third kappa shape index (κ3) is 2.61. The van der Waals surface area contributed by atoms with E-state index in [1.54, 1.807) is 5.38 Å². The number of carboxylic acid groups (broad SMARTS) is 1. The maximum Gasteiger partial charge on any atom is 0.355 e. The molecule has 1 N–H and O–H groups in total. The van der Waals surface area contributed by atoms with Gasteiger partial charge < -0.3 is 10.0 Å². The minimum absolute atomic E-state index is 0.179. The van der Waals surface area contributed by atoms with E-state index >= 15 is 0 Å². The molecular formula is C14H20N2O2S. The van der Waals surface area contributed by atoms with Crippen LogP contribution in [0.5, 0.6) is 0 Å². The number of aromatic carboxylic acids is 1. The molecule has 2 heterocycles. The molecule has 0 unspecified atom stereocenters. The van der Waals surface area contributed by atoms with Crippen LogP contribution in [0.2, 0.25) is 0 Å². The lowest BCUT2D eigenvalue weighted by Crippen LogP contribution is -2.41. The lowest BCUT2D eigenvalue weighted by molar-refractivity contribution is 0.0691. The molecule has 19 heavy (non-hydrogen) atoms. The summed E-state index contributed by atoms with van der Waals surface area (Å²) in [5.41, 5.74) is 0.764. The number of carboxylic acids is 1. The van der Waals surface area contributed by atoms with Crippen LogP contribution in [-0.4, -0.2) is 29.1 Å². The van der Waals surface area contributed by atoms with Crippen molar-refractivity contribution in [2.24, 2.45) is 5.41 Å². The fourth-order valence-electron chi connectivity index (χ4n) is 3.48. The molecule has 2 fully saturated rings. The van der Waals surface area contributed by atoms with Crippen LogP contribution in [0.3, 0.4) is 0 Å². The largest absolute Gasteiger partial charge is 0.476 e. The first kappa shape index (κ1) is 12.9. The molecule has 104 valence electrons. The van der Waals surface area contributed by atoms with E-state index < -0.39 is 5.97 Å². The van der Waals surface area contributed by atoms with Gasteiger partial charge in [0.25, 0.3) is 0 Å². The van der Waals surface area contributed by atoms with Gasteiger partial charge in [-0.05, 0) is 31.1 Å². The van der Waals surface area contributed by atoms with Crippen LogP contribution in [0.25, 0.3) is 0 Å². The van der Waals surface area contributed by atoms with Crippen molar-refractivity contribution in [3.8, 4) is 0 Å². The van der Waals surface area contributed by atoms with E-state index in [-0.39, 0.29) is 5.69 Å². The Hall–Kier alpha value is -1.10. The van der Waals surface area contributed by atoms with Gasteiger partial charge in [0, 0.05) is 18.5 Å². The summed E-state index contributed by atoms with van der Waals surface area (Å²) in [5, 5.41) is 11.4. The van der Waals surface area contributed by atoms with Gasteiger partial charge in [0.2, 0.25) is 0 Å². The Kier molecular flexibility index (Phi) is 3.48. The normalized spacial score (nSPS) is 22.6. The molecule has 1 aliphatic carbocycles. The van der Waals surface area contributed by atoms with Crippen molar-refractivity contribution in [2.75, 3.05) is 18.0 Å². The summed E-state index contributed by atoms with van der Waals surface area (Å²) in [5.74, 6) is -0.928. The first-order chi connectivity index (χ1) is 9.19. The van der Waals surface area contributed by atoms with Gasteiger partial charge in [-0.15, -0.1) is 11.3 Å². The maximum atomic E-state index is 10.9. The highest BCUT2D eigenvalue weighted by atomic mass is 32.1. The molecular weight excluding hydrogens is 260 g/mol. The summed E-state index contributed by atoms with van der Waals surface area (Å²) in [6, 6.07) is 0. The predicted octanol–water partition coefficient (Wildman–Crippen LogP) is 3.39. The van der Waals surface area contributed by atoms with Crippen molar-refractivity contribution >= 4 is 22.4 Å². The Morgan fingerprint density at radius 1 is 1.21 bits per heavy atom. The average molecular weight is 280 g/mol. The predicted molar refractivity (Wildman–Crippen MR) is 76.0 cm³/mol. The average Bonchev–Trinajstić information content (AvgIpc) is 2.90. The zero-order valence-corrected chi connectivity index (χ0v) is 11.9. The van der Waals surface area contributed by atoms with Crippen molar-refractivity contribution < 1.29 is 9.90 Å². The van der Waals surface area contributed by atoms with Crippen molar-refractivity contribution in [3.63, 3.8) is 0 Å². The Labute approximate surface area is 117 Å². The van der Waals surface area contributed by atoms with Crippen molar-refractivity contribution in [1.29, 1.82) is 0 Å². The van der Waals surface area contributed by atoms with Crippen LogP contribution in [0, 0.1) is 5.41 Å². The number of hydrogen-bond acceptors (Lipinski definition) is 4. The fourth-order valence-corrected chi connectivity index (χ4v) is 4.34. The van der Waals surface area contributed by atoms with Crippen LogP contribution in [0.15, 0.2) is 5.38 Å². The number of hydrogen-bond donors (Lipinski definition) is 1. The third-order valence-electron chi connectivity index (χ3n) is 4.72. The van der Waals surface area contributed by atoms with Gasteiger partial charge in [0.15, 0.2) is 10.8 Å². The van der Waals surface area contributed by atoms with Gasteiger partial charge in [0.1, 0.15) is 0 Å². The van der Waals surface area contributed by atoms with Gasteiger partial charge in [0.05, 0.1) is 0 Å². The van der Waals surface area contributed by atoms with Crippen molar-refractivity contribution in [3.05, 3.63) is 11.1 Å². The monoisotopic (exact) mass is 280 g/mol. The molecule has 4 nitrogen and oxygen atoms in total. The van der Waals surface area contributed by atoms with Crippen LogP contribution in [0.1, 0.15) is 55.4 Å². The molecule has 0 aromatic carbocycles. The number of piperidine rings is 1. The molecule has 0 amide bonds. The van der Waals surface area contributed by atoms with Crippen LogP contribution < -0.4 is 4.90 Å². The molecule has 2 aliphatic rings. The minimum Gasteiger partial charge on any atom is -0.476 e. The summed E-state index contributed by atoms with van der Waals surface area (Å²) in [6.45, 7) is 2.07. The molecule has 1 aromatic heterocycles. The summed E-state index contributed by atoms with van der Waals surface area (Å²) in [4.78, 5) is 17.3. The molecule has 0 radical (unpaired) electrons. The Bertz CT molecular complexity index is 456. The lowest BCUT2D eigenvalue weighted by atomic mass is 9.68. The van der Waals surface area contributed by atoms with Crippen molar-refractivity contribution in [1.82, 2.24) is 4.98 Å². The van der Waals surface area contributed by atoms with E-state index in [4.69, 9.17) is 5.11 Å². The third-order valence-corrected chi connectivity index (χ3v) is 5.62. The molecule has 1 saturated carbocycles. The smallest absolute Gasteiger partial charge is 0.355 e. The van der Waals surface area contributed by atoms with Gasteiger partial charge >= 0.3 is 5.97 Å². The fraction of sp³-hybridized carbons (Fsp3) is 0.714. The second kappa shape index (κ2) is 5.12. The van der Waals surface area contributed by atoms with Crippen LogP contribution >= 0.6 is 11.3 Å². The Morgan fingerprint density at radius 2 is 1.89 bits per heavy atom. The van der Waals surface area contributed by atoms with E-state index in [1.165, 1.54) is 56.3 Å².